The zero-order valence-corrected chi connectivity index (χ0v) is 12.4. The monoisotopic (exact) mass is 299 g/mol. The molecule has 2 fully saturated rings. The maximum atomic E-state index is 6.43. The fourth-order valence-corrected chi connectivity index (χ4v) is 3.59. The highest BCUT2D eigenvalue weighted by Crippen LogP contribution is 2.46. The SMILES string of the molecule is NC(c1ccc(Cl)c(Cl)c1)C1CCOC2(CCC2)C1. The van der Waals surface area contributed by atoms with Gasteiger partial charge in [-0.2, -0.15) is 0 Å². The summed E-state index contributed by atoms with van der Waals surface area (Å²) in [4.78, 5) is 0. The third kappa shape index (κ3) is 2.64. The Morgan fingerprint density at radius 3 is 2.68 bits per heavy atom. The second kappa shape index (κ2) is 5.25. The number of benzene rings is 1. The van der Waals surface area contributed by atoms with Crippen molar-refractivity contribution in [1.29, 1.82) is 0 Å². The van der Waals surface area contributed by atoms with Crippen LogP contribution in [0.15, 0.2) is 18.2 Å². The molecule has 2 atom stereocenters. The predicted octanol–water partition coefficient (Wildman–Crippen LogP) is 4.34. The Bertz CT molecular complexity index is 473. The maximum Gasteiger partial charge on any atom is 0.0686 e. The Labute approximate surface area is 124 Å². The molecule has 4 heteroatoms. The van der Waals surface area contributed by atoms with Gasteiger partial charge < -0.3 is 10.5 Å². The average molecular weight is 300 g/mol. The van der Waals surface area contributed by atoms with E-state index in [1.54, 1.807) is 0 Å². The third-order valence-electron chi connectivity index (χ3n) is 4.63. The average Bonchev–Trinajstić information content (AvgIpc) is 2.39. The first-order valence-corrected chi connectivity index (χ1v) is 7.70. The van der Waals surface area contributed by atoms with Gasteiger partial charge in [-0.3, -0.25) is 0 Å². The second-order valence-corrected chi connectivity index (χ2v) is 6.65. The van der Waals surface area contributed by atoms with Crippen molar-refractivity contribution in [2.24, 2.45) is 11.7 Å². The van der Waals surface area contributed by atoms with E-state index in [0.717, 1.165) is 25.0 Å². The molecule has 1 aromatic rings. The minimum atomic E-state index is 0.0242. The molecule has 1 spiro atoms. The molecule has 2 unspecified atom stereocenters. The van der Waals surface area contributed by atoms with Gasteiger partial charge >= 0.3 is 0 Å². The van der Waals surface area contributed by atoms with Gasteiger partial charge in [0.15, 0.2) is 0 Å². The fraction of sp³-hybridized carbons (Fsp3) is 0.600. The summed E-state index contributed by atoms with van der Waals surface area (Å²) in [5.74, 6) is 0.478. The highest BCUT2D eigenvalue weighted by atomic mass is 35.5. The predicted molar refractivity (Wildman–Crippen MR) is 78.6 cm³/mol. The summed E-state index contributed by atoms with van der Waals surface area (Å²) in [6.07, 6.45) is 5.78. The van der Waals surface area contributed by atoms with Crippen LogP contribution >= 0.6 is 23.2 Å². The van der Waals surface area contributed by atoms with E-state index in [-0.39, 0.29) is 11.6 Å². The lowest BCUT2D eigenvalue weighted by atomic mass is 9.70. The molecule has 104 valence electrons. The summed E-state index contributed by atoms with van der Waals surface area (Å²) in [6, 6.07) is 5.74. The van der Waals surface area contributed by atoms with Crippen LogP contribution in [0.5, 0.6) is 0 Å². The Hall–Kier alpha value is -0.280. The molecule has 0 aromatic heterocycles. The van der Waals surface area contributed by atoms with Gasteiger partial charge in [-0.05, 0) is 55.7 Å². The van der Waals surface area contributed by atoms with Gasteiger partial charge in [0.05, 0.1) is 15.6 Å². The molecule has 0 bridgehead atoms. The van der Waals surface area contributed by atoms with Crippen molar-refractivity contribution in [3.8, 4) is 0 Å². The number of hydrogen-bond acceptors (Lipinski definition) is 2. The first kappa shape index (κ1) is 13.7. The van der Waals surface area contributed by atoms with E-state index in [0.29, 0.717) is 16.0 Å². The highest BCUT2D eigenvalue weighted by Gasteiger charge is 2.43. The van der Waals surface area contributed by atoms with Gasteiger partial charge in [0.1, 0.15) is 0 Å². The van der Waals surface area contributed by atoms with Crippen molar-refractivity contribution >= 4 is 23.2 Å². The molecule has 0 radical (unpaired) electrons. The Kier molecular flexibility index (Phi) is 3.78. The molecule has 1 aliphatic heterocycles. The number of hydrogen-bond donors (Lipinski definition) is 1. The lowest BCUT2D eigenvalue weighted by molar-refractivity contribution is -0.146. The largest absolute Gasteiger partial charge is 0.375 e. The maximum absolute atomic E-state index is 6.43. The van der Waals surface area contributed by atoms with E-state index in [1.165, 1.54) is 19.3 Å². The number of halogens is 2. The Morgan fingerprint density at radius 2 is 2.05 bits per heavy atom. The smallest absolute Gasteiger partial charge is 0.0686 e. The molecule has 2 N–H and O–H groups in total. The zero-order chi connectivity index (χ0) is 13.5. The first-order chi connectivity index (χ1) is 9.10. The topological polar surface area (TPSA) is 35.2 Å². The van der Waals surface area contributed by atoms with Gasteiger partial charge in [-0.15, -0.1) is 0 Å². The standard InChI is InChI=1S/C15H19Cl2NO/c16-12-3-2-10(8-13(12)17)14(18)11-4-7-19-15(9-11)5-1-6-15/h2-3,8,11,14H,1,4-7,9,18H2. The molecule has 2 aliphatic rings. The molecular weight excluding hydrogens is 281 g/mol. The number of nitrogens with two attached hydrogens (primary N) is 1. The van der Waals surface area contributed by atoms with Gasteiger partial charge in [0.2, 0.25) is 0 Å². The van der Waals surface area contributed by atoms with Crippen molar-refractivity contribution in [3.63, 3.8) is 0 Å². The van der Waals surface area contributed by atoms with Crippen molar-refractivity contribution in [3.05, 3.63) is 33.8 Å². The summed E-state index contributed by atoms with van der Waals surface area (Å²) in [7, 11) is 0. The molecular formula is C15H19Cl2NO. The van der Waals surface area contributed by atoms with Gasteiger partial charge in [0, 0.05) is 12.6 Å². The first-order valence-electron chi connectivity index (χ1n) is 6.94. The molecule has 2 nitrogen and oxygen atoms in total. The molecule has 1 aliphatic carbocycles. The fourth-order valence-electron chi connectivity index (χ4n) is 3.28. The minimum Gasteiger partial charge on any atom is -0.375 e. The summed E-state index contributed by atoms with van der Waals surface area (Å²) in [5, 5.41) is 1.17. The van der Waals surface area contributed by atoms with Crippen LogP contribution < -0.4 is 5.73 Å². The van der Waals surface area contributed by atoms with Crippen LogP contribution in [-0.2, 0) is 4.74 Å². The summed E-state index contributed by atoms with van der Waals surface area (Å²) in [5.41, 5.74) is 7.65. The Balaban J connectivity index is 1.75. The lowest BCUT2D eigenvalue weighted by Gasteiger charge is -2.48. The van der Waals surface area contributed by atoms with Gasteiger partial charge in [-0.25, -0.2) is 0 Å². The van der Waals surface area contributed by atoms with Crippen LogP contribution in [0.25, 0.3) is 0 Å². The minimum absolute atomic E-state index is 0.0242. The quantitative estimate of drug-likeness (QED) is 0.881. The number of ether oxygens (including phenoxy) is 1. The summed E-state index contributed by atoms with van der Waals surface area (Å²) >= 11 is 12.0. The molecule has 1 saturated heterocycles. The van der Waals surface area contributed by atoms with Gasteiger partial charge in [-0.1, -0.05) is 29.3 Å². The van der Waals surface area contributed by atoms with Crippen LogP contribution in [0.3, 0.4) is 0 Å². The molecule has 3 rings (SSSR count). The van der Waals surface area contributed by atoms with E-state index < -0.39 is 0 Å². The van der Waals surface area contributed by atoms with Crippen molar-refractivity contribution in [2.75, 3.05) is 6.61 Å². The normalized spacial score (nSPS) is 27.0. The van der Waals surface area contributed by atoms with Crippen LogP contribution in [0.2, 0.25) is 10.0 Å². The van der Waals surface area contributed by atoms with Crippen molar-refractivity contribution in [2.45, 2.75) is 43.7 Å². The van der Waals surface area contributed by atoms with E-state index in [1.807, 2.05) is 18.2 Å². The van der Waals surface area contributed by atoms with Crippen molar-refractivity contribution < 1.29 is 4.74 Å². The van der Waals surface area contributed by atoms with E-state index in [4.69, 9.17) is 33.7 Å². The summed E-state index contributed by atoms with van der Waals surface area (Å²) in [6.45, 7) is 0.833. The van der Waals surface area contributed by atoms with Crippen LogP contribution in [0, 0.1) is 5.92 Å². The molecule has 1 saturated carbocycles. The molecule has 1 heterocycles. The van der Waals surface area contributed by atoms with E-state index in [9.17, 15) is 0 Å². The van der Waals surface area contributed by atoms with E-state index >= 15 is 0 Å². The second-order valence-electron chi connectivity index (χ2n) is 5.84. The lowest BCUT2D eigenvalue weighted by Crippen LogP contribution is -2.47. The summed E-state index contributed by atoms with van der Waals surface area (Å²) < 4.78 is 5.96. The molecule has 0 amide bonds. The van der Waals surface area contributed by atoms with Crippen LogP contribution in [0.4, 0.5) is 0 Å². The van der Waals surface area contributed by atoms with Crippen LogP contribution in [-0.4, -0.2) is 12.2 Å². The third-order valence-corrected chi connectivity index (χ3v) is 5.37. The zero-order valence-electron chi connectivity index (χ0n) is 10.9. The molecule has 1 aromatic carbocycles. The Morgan fingerprint density at radius 1 is 1.26 bits per heavy atom. The molecule has 19 heavy (non-hydrogen) atoms. The van der Waals surface area contributed by atoms with Crippen molar-refractivity contribution in [1.82, 2.24) is 0 Å². The highest BCUT2D eigenvalue weighted by molar-refractivity contribution is 6.42. The number of rotatable bonds is 2. The van der Waals surface area contributed by atoms with Crippen LogP contribution in [0.1, 0.15) is 43.7 Å². The van der Waals surface area contributed by atoms with E-state index in [2.05, 4.69) is 0 Å². The van der Waals surface area contributed by atoms with Gasteiger partial charge in [0.25, 0.3) is 0 Å².